The molecule has 0 aliphatic carbocycles. The zero-order valence-electron chi connectivity index (χ0n) is 14.5. The molecule has 0 amide bonds. The lowest BCUT2D eigenvalue weighted by Crippen LogP contribution is -2.47. The van der Waals surface area contributed by atoms with Crippen molar-refractivity contribution in [3.63, 3.8) is 0 Å². The highest BCUT2D eigenvalue weighted by molar-refractivity contribution is 5.64. The topological polar surface area (TPSA) is 81.8 Å². The Balaban J connectivity index is 1.55. The molecular weight excluding hydrogens is 345 g/mol. The third-order valence-corrected chi connectivity index (χ3v) is 4.48. The predicted molar refractivity (Wildman–Crippen MR) is 98.6 cm³/mol. The highest BCUT2D eigenvalue weighted by atomic mass is 19.1. The minimum atomic E-state index is -0.422. The minimum Gasteiger partial charge on any atom is -0.351 e. The average Bonchev–Trinajstić information content (AvgIpc) is 2.75. The van der Waals surface area contributed by atoms with Gasteiger partial charge in [0.1, 0.15) is 18.1 Å². The van der Waals surface area contributed by atoms with Crippen molar-refractivity contribution in [3.05, 3.63) is 60.6 Å². The molecule has 134 valence electrons. The Morgan fingerprint density at radius 1 is 0.852 bits per heavy atom. The quantitative estimate of drug-likeness (QED) is 0.708. The van der Waals surface area contributed by atoms with Crippen LogP contribution in [0, 0.1) is 17.1 Å². The van der Waals surface area contributed by atoms with Gasteiger partial charge >= 0.3 is 0 Å². The van der Waals surface area contributed by atoms with Crippen molar-refractivity contribution in [2.75, 3.05) is 36.0 Å². The summed E-state index contributed by atoms with van der Waals surface area (Å²) in [5.41, 5.74) is 1.31. The van der Waals surface area contributed by atoms with Gasteiger partial charge in [-0.25, -0.2) is 24.3 Å². The van der Waals surface area contributed by atoms with Crippen LogP contribution in [0.5, 0.6) is 0 Å². The molecule has 0 N–H and O–H groups in total. The Bertz CT molecular complexity index is 979. The van der Waals surface area contributed by atoms with Crippen LogP contribution in [-0.2, 0) is 0 Å². The summed E-state index contributed by atoms with van der Waals surface area (Å²) >= 11 is 0. The van der Waals surface area contributed by atoms with Crippen molar-refractivity contribution in [2.24, 2.45) is 0 Å². The molecule has 0 radical (unpaired) electrons. The van der Waals surface area contributed by atoms with Crippen LogP contribution in [-0.4, -0.2) is 46.1 Å². The first kappa shape index (κ1) is 16.8. The van der Waals surface area contributed by atoms with Gasteiger partial charge in [0.2, 0.25) is 0 Å². The second kappa shape index (κ2) is 7.33. The molecule has 3 aromatic rings. The van der Waals surface area contributed by atoms with Crippen molar-refractivity contribution in [3.8, 4) is 17.3 Å². The average molecular weight is 361 g/mol. The van der Waals surface area contributed by atoms with Crippen molar-refractivity contribution >= 4 is 11.6 Å². The number of rotatable bonds is 3. The molecule has 2 aromatic heterocycles. The summed E-state index contributed by atoms with van der Waals surface area (Å²) in [5.74, 6) is 0.435. The number of nitriles is 1. The van der Waals surface area contributed by atoms with E-state index in [2.05, 4.69) is 26.0 Å². The number of anilines is 2. The third-order valence-electron chi connectivity index (χ3n) is 4.48. The van der Waals surface area contributed by atoms with Gasteiger partial charge in [-0.3, -0.25) is 0 Å². The van der Waals surface area contributed by atoms with Gasteiger partial charge in [0.05, 0.1) is 0 Å². The molecule has 4 rings (SSSR count). The molecule has 7 nitrogen and oxygen atoms in total. The number of piperazine rings is 1. The lowest BCUT2D eigenvalue weighted by atomic mass is 10.1. The zero-order chi connectivity index (χ0) is 18.6. The maximum atomic E-state index is 15.0. The normalized spacial score (nSPS) is 14.1. The first-order valence-electron chi connectivity index (χ1n) is 8.55. The lowest BCUT2D eigenvalue weighted by Gasteiger charge is -2.36. The summed E-state index contributed by atoms with van der Waals surface area (Å²) in [4.78, 5) is 20.5. The number of halogens is 1. The van der Waals surface area contributed by atoms with Gasteiger partial charge < -0.3 is 9.80 Å². The maximum Gasteiger partial charge on any atom is 0.191 e. The van der Waals surface area contributed by atoms with E-state index in [1.54, 1.807) is 6.20 Å². The van der Waals surface area contributed by atoms with E-state index < -0.39 is 5.82 Å². The van der Waals surface area contributed by atoms with Gasteiger partial charge in [0, 0.05) is 44.1 Å². The van der Waals surface area contributed by atoms with Crippen LogP contribution in [0.25, 0.3) is 11.3 Å². The Morgan fingerprint density at radius 3 is 2.22 bits per heavy atom. The maximum absolute atomic E-state index is 15.0. The molecule has 1 fully saturated rings. The van der Waals surface area contributed by atoms with Gasteiger partial charge in [-0.1, -0.05) is 30.3 Å². The molecule has 3 heterocycles. The molecule has 1 aliphatic rings. The highest BCUT2D eigenvalue weighted by Crippen LogP contribution is 2.27. The summed E-state index contributed by atoms with van der Waals surface area (Å²) in [5, 5.41) is 9.20. The number of benzene rings is 1. The summed E-state index contributed by atoms with van der Waals surface area (Å²) in [6.45, 7) is 2.31. The molecule has 0 bridgehead atoms. The summed E-state index contributed by atoms with van der Waals surface area (Å²) in [6.07, 6.45) is 4.46. The van der Waals surface area contributed by atoms with E-state index in [1.165, 1.54) is 12.5 Å². The van der Waals surface area contributed by atoms with Crippen LogP contribution in [0.15, 0.2) is 49.1 Å². The van der Waals surface area contributed by atoms with Crippen LogP contribution in [0.3, 0.4) is 0 Å². The number of aromatic nitrogens is 4. The van der Waals surface area contributed by atoms with Crippen molar-refractivity contribution in [1.29, 1.82) is 5.26 Å². The minimum absolute atomic E-state index is 0.295. The van der Waals surface area contributed by atoms with Crippen LogP contribution < -0.4 is 9.80 Å². The van der Waals surface area contributed by atoms with E-state index in [9.17, 15) is 5.26 Å². The monoisotopic (exact) mass is 361 g/mol. The lowest BCUT2D eigenvalue weighted by molar-refractivity contribution is 0.584. The van der Waals surface area contributed by atoms with E-state index in [0.717, 1.165) is 5.56 Å². The molecule has 8 heteroatoms. The first-order valence-corrected chi connectivity index (χ1v) is 8.55. The van der Waals surface area contributed by atoms with Crippen LogP contribution in [0.4, 0.5) is 16.0 Å². The largest absolute Gasteiger partial charge is 0.351 e. The smallest absolute Gasteiger partial charge is 0.191 e. The molecular formula is C19H16FN7. The highest BCUT2D eigenvalue weighted by Gasteiger charge is 2.25. The van der Waals surface area contributed by atoms with Gasteiger partial charge in [0.15, 0.2) is 23.1 Å². The van der Waals surface area contributed by atoms with E-state index in [0.29, 0.717) is 49.2 Å². The van der Waals surface area contributed by atoms with Crippen molar-refractivity contribution in [1.82, 2.24) is 19.9 Å². The standard InChI is InChI=1S/C19H16FN7/c20-16-17(14-4-2-1-3-5-14)24-13-25-19(16)27-10-8-26(9-11-27)18-15(12-21)22-6-7-23-18/h1-7,13H,8-11H2. The fraction of sp³-hybridized carbons (Fsp3) is 0.211. The van der Waals surface area contributed by atoms with Crippen molar-refractivity contribution in [2.45, 2.75) is 0 Å². The Morgan fingerprint density at radius 2 is 1.52 bits per heavy atom. The van der Waals surface area contributed by atoms with Gasteiger partial charge in [0.25, 0.3) is 0 Å². The summed E-state index contributed by atoms with van der Waals surface area (Å²) in [6, 6.07) is 11.3. The van der Waals surface area contributed by atoms with Crippen LogP contribution in [0.1, 0.15) is 5.69 Å². The SMILES string of the molecule is N#Cc1nccnc1N1CCN(c2ncnc(-c3ccccc3)c2F)CC1. The fourth-order valence-electron chi connectivity index (χ4n) is 3.15. The predicted octanol–water partition coefficient (Wildman–Crippen LogP) is 2.27. The molecule has 27 heavy (non-hydrogen) atoms. The van der Waals surface area contributed by atoms with E-state index in [4.69, 9.17) is 0 Å². The molecule has 1 aromatic carbocycles. The number of hydrogen-bond acceptors (Lipinski definition) is 7. The second-order valence-electron chi connectivity index (χ2n) is 6.04. The Labute approximate surface area is 155 Å². The van der Waals surface area contributed by atoms with E-state index in [1.807, 2.05) is 40.1 Å². The Kier molecular flexibility index (Phi) is 4.58. The van der Waals surface area contributed by atoms with E-state index in [-0.39, 0.29) is 0 Å². The first-order chi connectivity index (χ1) is 13.3. The molecule has 0 saturated carbocycles. The van der Waals surface area contributed by atoms with Crippen LogP contribution >= 0.6 is 0 Å². The van der Waals surface area contributed by atoms with Crippen molar-refractivity contribution < 1.29 is 4.39 Å². The summed E-state index contributed by atoms with van der Waals surface area (Å²) in [7, 11) is 0. The number of nitrogens with zero attached hydrogens (tertiary/aromatic N) is 7. The summed E-state index contributed by atoms with van der Waals surface area (Å²) < 4.78 is 15.0. The zero-order valence-corrected chi connectivity index (χ0v) is 14.5. The van der Waals surface area contributed by atoms with Gasteiger partial charge in [-0.05, 0) is 0 Å². The molecule has 0 spiro atoms. The number of hydrogen-bond donors (Lipinski definition) is 0. The molecule has 0 atom stereocenters. The fourth-order valence-corrected chi connectivity index (χ4v) is 3.15. The third kappa shape index (κ3) is 3.27. The van der Waals surface area contributed by atoms with E-state index >= 15 is 4.39 Å². The van der Waals surface area contributed by atoms with Gasteiger partial charge in [-0.15, -0.1) is 0 Å². The second-order valence-corrected chi connectivity index (χ2v) is 6.04. The van der Waals surface area contributed by atoms with Gasteiger partial charge in [-0.2, -0.15) is 5.26 Å². The Hall–Kier alpha value is -3.60. The molecule has 0 unspecified atom stereocenters. The van der Waals surface area contributed by atoms with Crippen LogP contribution in [0.2, 0.25) is 0 Å². The molecule has 1 saturated heterocycles. The molecule has 1 aliphatic heterocycles.